The van der Waals surface area contributed by atoms with Crippen LogP contribution in [-0.4, -0.2) is 100 Å². The van der Waals surface area contributed by atoms with Crippen LogP contribution in [0.15, 0.2) is 36.7 Å². The third kappa shape index (κ3) is 3.83. The van der Waals surface area contributed by atoms with Crippen LogP contribution in [0.5, 0.6) is 0 Å². The minimum atomic E-state index is -3.50. The SMILES string of the molecule is CCN1CC2(C1)C(=O)N(C)c1cnc3ccc(-c4cnc(N5CC(N(C)C)C5)c(NS(C)(=O)=O)c4)cc3c12. The van der Waals surface area contributed by atoms with E-state index >= 15 is 0 Å². The summed E-state index contributed by atoms with van der Waals surface area (Å²) >= 11 is 0. The number of carbonyl (C=O) groups is 1. The highest BCUT2D eigenvalue weighted by atomic mass is 32.2. The third-order valence-electron chi connectivity index (χ3n) is 8.22. The standard InChI is InChI=1S/C27H33N7O3S/c1-6-33-15-27(16-33)24-20-9-17(7-8-21(20)28-12-23(24)32(4)26(27)35)18-10-22(30-38(5,36)37)25(29-11-18)34-13-19(14-34)31(2)3/h7-12,19,30H,6,13-16H2,1-5H3. The van der Waals surface area contributed by atoms with Crippen LogP contribution in [0, 0.1) is 0 Å². The first kappa shape index (κ1) is 25.0. The molecule has 0 saturated carbocycles. The number of sulfonamides is 1. The van der Waals surface area contributed by atoms with E-state index in [1.807, 2.05) is 39.3 Å². The van der Waals surface area contributed by atoms with Gasteiger partial charge in [0.05, 0.1) is 29.3 Å². The van der Waals surface area contributed by atoms with Gasteiger partial charge in [-0.15, -0.1) is 0 Å². The number of pyridine rings is 2. The lowest BCUT2D eigenvalue weighted by molar-refractivity contribution is -0.128. The summed E-state index contributed by atoms with van der Waals surface area (Å²) in [6, 6.07) is 8.25. The van der Waals surface area contributed by atoms with Crippen molar-refractivity contribution in [3.63, 3.8) is 0 Å². The van der Waals surface area contributed by atoms with Crippen LogP contribution < -0.4 is 14.5 Å². The Kier molecular flexibility index (Phi) is 5.68. The van der Waals surface area contributed by atoms with Crippen molar-refractivity contribution in [3.05, 3.63) is 42.2 Å². The van der Waals surface area contributed by atoms with E-state index in [-0.39, 0.29) is 5.91 Å². The molecule has 0 bridgehead atoms. The van der Waals surface area contributed by atoms with Gasteiger partial charge in [0.25, 0.3) is 0 Å². The Bertz CT molecular complexity index is 1560. The Morgan fingerprint density at radius 2 is 1.84 bits per heavy atom. The topological polar surface area (TPSA) is 102 Å². The molecular formula is C27H33N7O3S. The molecule has 1 spiro atoms. The summed E-state index contributed by atoms with van der Waals surface area (Å²) in [5.74, 6) is 0.744. The number of nitrogens with zero attached hydrogens (tertiary/aromatic N) is 6. The number of amides is 1. The average Bonchev–Trinajstić information content (AvgIpc) is 3.03. The predicted octanol–water partition coefficient (Wildman–Crippen LogP) is 1.97. The second-order valence-corrected chi connectivity index (χ2v) is 12.7. The maximum absolute atomic E-state index is 13.4. The molecule has 0 radical (unpaired) electrons. The molecular weight excluding hydrogens is 502 g/mol. The minimum absolute atomic E-state index is 0.119. The summed E-state index contributed by atoms with van der Waals surface area (Å²) in [7, 11) is 2.40. The first-order valence-electron chi connectivity index (χ1n) is 12.8. The summed E-state index contributed by atoms with van der Waals surface area (Å²) < 4.78 is 27.1. The van der Waals surface area contributed by atoms with E-state index in [9.17, 15) is 13.2 Å². The number of nitrogens with one attached hydrogen (secondary N) is 1. The summed E-state index contributed by atoms with van der Waals surface area (Å²) in [6.45, 7) is 5.98. The molecule has 0 aliphatic carbocycles. The lowest BCUT2D eigenvalue weighted by Crippen LogP contribution is -2.63. The van der Waals surface area contributed by atoms with Gasteiger partial charge < -0.3 is 19.6 Å². The predicted molar refractivity (Wildman–Crippen MR) is 150 cm³/mol. The van der Waals surface area contributed by atoms with Gasteiger partial charge in [0, 0.05) is 62.0 Å². The number of hydrogen-bond donors (Lipinski definition) is 1. The van der Waals surface area contributed by atoms with E-state index in [4.69, 9.17) is 4.98 Å². The van der Waals surface area contributed by atoms with Crippen LogP contribution in [0.3, 0.4) is 0 Å². The Morgan fingerprint density at radius 3 is 2.50 bits per heavy atom. The molecule has 11 heteroatoms. The van der Waals surface area contributed by atoms with Gasteiger partial charge >= 0.3 is 0 Å². The Balaban J connectivity index is 1.43. The molecule has 200 valence electrons. The normalized spacial score (nSPS) is 19.3. The molecule has 1 N–H and O–H groups in total. The number of carbonyl (C=O) groups excluding carboxylic acids is 1. The average molecular weight is 536 g/mol. The summed E-state index contributed by atoms with van der Waals surface area (Å²) in [5.41, 5.74) is 4.32. The van der Waals surface area contributed by atoms with E-state index in [2.05, 4.69) is 37.4 Å². The fraction of sp³-hybridized carbons (Fsp3) is 0.444. The summed E-state index contributed by atoms with van der Waals surface area (Å²) in [4.78, 5) is 31.0. The lowest BCUT2D eigenvalue weighted by Gasteiger charge is -2.46. The zero-order valence-corrected chi connectivity index (χ0v) is 23.2. The molecule has 0 unspecified atom stereocenters. The smallest absolute Gasteiger partial charge is 0.240 e. The zero-order valence-electron chi connectivity index (χ0n) is 22.4. The van der Waals surface area contributed by atoms with E-state index in [0.717, 1.165) is 59.2 Å². The Morgan fingerprint density at radius 1 is 1.11 bits per heavy atom. The number of anilines is 3. The first-order chi connectivity index (χ1) is 18.0. The van der Waals surface area contributed by atoms with Crippen molar-refractivity contribution in [3.8, 4) is 11.1 Å². The molecule has 2 saturated heterocycles. The molecule has 3 aromatic rings. The van der Waals surface area contributed by atoms with E-state index < -0.39 is 15.4 Å². The van der Waals surface area contributed by atoms with Gasteiger partial charge in [0.2, 0.25) is 15.9 Å². The molecule has 2 aromatic heterocycles. The second kappa shape index (κ2) is 8.62. The third-order valence-corrected chi connectivity index (χ3v) is 8.81. The molecule has 2 fully saturated rings. The number of aromatic nitrogens is 2. The lowest BCUT2D eigenvalue weighted by atomic mass is 9.73. The van der Waals surface area contributed by atoms with Crippen LogP contribution >= 0.6 is 0 Å². The molecule has 1 amide bonds. The number of likely N-dealkylation sites (N-methyl/N-ethyl adjacent to an activating group) is 3. The van der Waals surface area contributed by atoms with Crippen molar-refractivity contribution in [1.82, 2.24) is 19.8 Å². The van der Waals surface area contributed by atoms with E-state index in [0.29, 0.717) is 30.6 Å². The van der Waals surface area contributed by atoms with Crippen molar-refractivity contribution in [2.24, 2.45) is 0 Å². The number of likely N-dealkylation sites (tertiary alicyclic amines) is 1. The maximum atomic E-state index is 13.4. The Labute approximate surface area is 223 Å². The van der Waals surface area contributed by atoms with Gasteiger partial charge in [-0.1, -0.05) is 13.0 Å². The molecule has 3 aliphatic heterocycles. The highest BCUT2D eigenvalue weighted by Gasteiger charge is 2.57. The number of benzene rings is 1. The van der Waals surface area contributed by atoms with Gasteiger partial charge in [-0.3, -0.25) is 14.5 Å². The monoisotopic (exact) mass is 535 g/mol. The van der Waals surface area contributed by atoms with Crippen LogP contribution in [-0.2, 0) is 20.2 Å². The summed E-state index contributed by atoms with van der Waals surface area (Å²) in [5, 5.41) is 0.951. The van der Waals surface area contributed by atoms with Crippen LogP contribution in [0.2, 0.25) is 0 Å². The van der Waals surface area contributed by atoms with Gasteiger partial charge in [-0.05, 0) is 44.4 Å². The molecule has 0 atom stereocenters. The molecule has 10 nitrogen and oxygen atoms in total. The highest BCUT2D eigenvalue weighted by molar-refractivity contribution is 7.92. The van der Waals surface area contributed by atoms with Crippen molar-refractivity contribution < 1.29 is 13.2 Å². The first-order valence-corrected chi connectivity index (χ1v) is 14.7. The van der Waals surface area contributed by atoms with Crippen LogP contribution in [0.25, 0.3) is 22.0 Å². The zero-order chi connectivity index (χ0) is 27.0. The maximum Gasteiger partial charge on any atom is 0.240 e. The molecule has 5 heterocycles. The number of fused-ring (bicyclic) bond motifs is 4. The fourth-order valence-corrected chi connectivity index (χ4v) is 6.54. The quantitative estimate of drug-likeness (QED) is 0.511. The van der Waals surface area contributed by atoms with Crippen LogP contribution in [0.1, 0.15) is 12.5 Å². The van der Waals surface area contributed by atoms with E-state index in [1.54, 1.807) is 17.3 Å². The molecule has 38 heavy (non-hydrogen) atoms. The fourth-order valence-electron chi connectivity index (χ4n) is 5.99. The number of hydrogen-bond acceptors (Lipinski definition) is 8. The second-order valence-electron chi connectivity index (χ2n) is 11.0. The molecule has 1 aromatic carbocycles. The highest BCUT2D eigenvalue weighted by Crippen LogP contribution is 2.49. The largest absolute Gasteiger partial charge is 0.352 e. The van der Waals surface area contributed by atoms with Gasteiger partial charge in [0.1, 0.15) is 5.41 Å². The van der Waals surface area contributed by atoms with Crippen LogP contribution in [0.4, 0.5) is 17.2 Å². The van der Waals surface area contributed by atoms with E-state index in [1.165, 1.54) is 0 Å². The molecule has 6 rings (SSSR count). The van der Waals surface area contributed by atoms with Gasteiger partial charge in [-0.2, -0.15) is 0 Å². The van der Waals surface area contributed by atoms with Gasteiger partial charge in [-0.25, -0.2) is 13.4 Å². The minimum Gasteiger partial charge on any atom is -0.352 e. The van der Waals surface area contributed by atoms with Crippen molar-refractivity contribution in [2.45, 2.75) is 18.4 Å². The number of rotatable bonds is 6. The van der Waals surface area contributed by atoms with Crippen molar-refractivity contribution >= 4 is 44.0 Å². The molecule has 3 aliphatic rings. The Hall–Kier alpha value is -3.28. The van der Waals surface area contributed by atoms with Crippen molar-refractivity contribution in [2.75, 3.05) is 74.6 Å². The van der Waals surface area contributed by atoms with Gasteiger partial charge in [0.15, 0.2) is 5.82 Å². The van der Waals surface area contributed by atoms with Crippen molar-refractivity contribution in [1.29, 1.82) is 0 Å². The summed E-state index contributed by atoms with van der Waals surface area (Å²) in [6.07, 6.45) is 4.74.